The summed E-state index contributed by atoms with van der Waals surface area (Å²) in [5.74, 6) is 0.651. The van der Waals surface area contributed by atoms with Crippen LogP contribution in [0.5, 0.6) is 0 Å². The number of hydrogen-bond acceptors (Lipinski definition) is 1. The van der Waals surface area contributed by atoms with Gasteiger partial charge in [-0.3, -0.25) is 4.99 Å². The van der Waals surface area contributed by atoms with E-state index in [1.54, 1.807) is 0 Å². The molecule has 1 heteroatoms. The quantitative estimate of drug-likeness (QED) is 0.462. The minimum Gasteiger partial charge on any atom is -0.293 e. The van der Waals surface area contributed by atoms with E-state index in [0.717, 1.165) is 5.71 Å². The zero-order chi connectivity index (χ0) is 11.0. The molecule has 0 spiro atoms. The Labute approximate surface area is 88.6 Å². The number of hydrogen-bond donors (Lipinski definition) is 0. The fourth-order valence-electron chi connectivity index (χ4n) is 1.24. The van der Waals surface area contributed by atoms with Crippen LogP contribution in [0.3, 0.4) is 0 Å². The van der Waals surface area contributed by atoms with Crippen LogP contribution in [0.2, 0.25) is 0 Å². The average molecular weight is 193 g/mol. The predicted molar refractivity (Wildman–Crippen MR) is 66.0 cm³/mol. The monoisotopic (exact) mass is 193 g/mol. The van der Waals surface area contributed by atoms with Crippen molar-refractivity contribution in [2.75, 3.05) is 7.05 Å². The lowest BCUT2D eigenvalue weighted by molar-refractivity contribution is 0.702. The summed E-state index contributed by atoms with van der Waals surface area (Å²) in [5.41, 5.74) is 2.59. The summed E-state index contributed by atoms with van der Waals surface area (Å²) < 4.78 is 0. The van der Waals surface area contributed by atoms with Crippen molar-refractivity contribution >= 4 is 5.71 Å². The van der Waals surface area contributed by atoms with E-state index in [1.807, 2.05) is 14.0 Å². The maximum atomic E-state index is 4.08. The van der Waals surface area contributed by atoms with Gasteiger partial charge in [-0.2, -0.15) is 0 Å². The minimum atomic E-state index is 0.651. The Hall–Kier alpha value is -0.850. The molecule has 0 aliphatic carbocycles. The van der Waals surface area contributed by atoms with Crippen LogP contribution >= 0.6 is 0 Å². The standard InChI is InChI=1S/C13H23N/c1-6-8-13(11(2)3)10-7-9-12(4)14-5/h7,9-11H,6,8H2,1-5H3/b9-7-,13-10+,14-12?. The van der Waals surface area contributed by atoms with Crippen LogP contribution < -0.4 is 0 Å². The fourth-order valence-corrected chi connectivity index (χ4v) is 1.24. The lowest BCUT2D eigenvalue weighted by Gasteiger charge is -2.08. The van der Waals surface area contributed by atoms with Crippen molar-refractivity contribution in [2.24, 2.45) is 10.9 Å². The molecule has 0 bridgehead atoms. The topological polar surface area (TPSA) is 12.4 Å². The average Bonchev–Trinajstić information content (AvgIpc) is 2.16. The predicted octanol–water partition coefficient (Wildman–Crippen LogP) is 4.02. The molecule has 1 nitrogen and oxygen atoms in total. The molecule has 0 amide bonds. The fraction of sp³-hybridized carbons (Fsp3) is 0.615. The third kappa shape index (κ3) is 5.74. The molecule has 0 saturated carbocycles. The maximum absolute atomic E-state index is 4.08. The van der Waals surface area contributed by atoms with Crippen LogP contribution in [0.4, 0.5) is 0 Å². The van der Waals surface area contributed by atoms with Crippen LogP contribution in [0, 0.1) is 5.92 Å². The molecule has 0 aliphatic heterocycles. The van der Waals surface area contributed by atoms with Crippen molar-refractivity contribution in [3.63, 3.8) is 0 Å². The Balaban J connectivity index is 4.36. The summed E-state index contributed by atoms with van der Waals surface area (Å²) >= 11 is 0. The number of nitrogens with zero attached hydrogens (tertiary/aromatic N) is 1. The molecular weight excluding hydrogens is 170 g/mol. The van der Waals surface area contributed by atoms with Gasteiger partial charge in [0.25, 0.3) is 0 Å². The molecule has 0 aromatic rings. The zero-order valence-corrected chi connectivity index (χ0v) is 10.2. The van der Waals surface area contributed by atoms with Crippen molar-refractivity contribution in [1.29, 1.82) is 0 Å². The van der Waals surface area contributed by atoms with E-state index >= 15 is 0 Å². The first-order valence-electron chi connectivity index (χ1n) is 5.42. The number of rotatable bonds is 5. The minimum absolute atomic E-state index is 0.651. The van der Waals surface area contributed by atoms with E-state index in [1.165, 1.54) is 18.4 Å². The van der Waals surface area contributed by atoms with Crippen LogP contribution in [0.25, 0.3) is 0 Å². The van der Waals surface area contributed by atoms with E-state index in [-0.39, 0.29) is 0 Å². The van der Waals surface area contributed by atoms with Gasteiger partial charge in [-0.1, -0.05) is 44.9 Å². The van der Waals surface area contributed by atoms with Gasteiger partial charge in [0, 0.05) is 12.8 Å². The Morgan fingerprint density at radius 2 is 2.00 bits per heavy atom. The van der Waals surface area contributed by atoms with Gasteiger partial charge in [-0.25, -0.2) is 0 Å². The number of aliphatic imine (C=N–C) groups is 1. The summed E-state index contributed by atoms with van der Waals surface area (Å²) in [6.45, 7) is 8.73. The number of allylic oxidation sites excluding steroid dienone is 4. The summed E-state index contributed by atoms with van der Waals surface area (Å²) in [7, 11) is 1.82. The lowest BCUT2D eigenvalue weighted by atomic mass is 9.98. The van der Waals surface area contributed by atoms with E-state index < -0.39 is 0 Å². The molecule has 0 unspecified atom stereocenters. The molecule has 0 N–H and O–H groups in total. The first-order valence-corrected chi connectivity index (χ1v) is 5.42. The second kappa shape index (κ2) is 7.54. The summed E-state index contributed by atoms with van der Waals surface area (Å²) in [4.78, 5) is 4.08. The van der Waals surface area contributed by atoms with E-state index in [0.29, 0.717) is 5.92 Å². The van der Waals surface area contributed by atoms with Gasteiger partial charge in [-0.05, 0) is 25.3 Å². The first-order chi connectivity index (χ1) is 6.61. The Bertz CT molecular complexity index is 232. The van der Waals surface area contributed by atoms with Crippen LogP contribution in [0.1, 0.15) is 40.5 Å². The second-order valence-electron chi connectivity index (χ2n) is 3.87. The highest BCUT2D eigenvalue weighted by atomic mass is 14.7. The summed E-state index contributed by atoms with van der Waals surface area (Å²) in [5, 5.41) is 0. The third-order valence-corrected chi connectivity index (χ3v) is 2.28. The third-order valence-electron chi connectivity index (χ3n) is 2.28. The van der Waals surface area contributed by atoms with Gasteiger partial charge in [0.1, 0.15) is 0 Å². The Morgan fingerprint density at radius 1 is 1.36 bits per heavy atom. The van der Waals surface area contributed by atoms with Gasteiger partial charge >= 0.3 is 0 Å². The van der Waals surface area contributed by atoms with Gasteiger partial charge < -0.3 is 0 Å². The van der Waals surface area contributed by atoms with Crippen molar-refractivity contribution in [3.8, 4) is 0 Å². The van der Waals surface area contributed by atoms with Gasteiger partial charge in [0.05, 0.1) is 0 Å². The summed E-state index contributed by atoms with van der Waals surface area (Å²) in [6, 6.07) is 0. The molecule has 0 aromatic heterocycles. The normalized spacial score (nSPS) is 14.4. The van der Waals surface area contributed by atoms with Crippen LogP contribution in [0.15, 0.2) is 28.8 Å². The molecule has 14 heavy (non-hydrogen) atoms. The van der Waals surface area contributed by atoms with Crippen molar-refractivity contribution in [3.05, 3.63) is 23.8 Å². The van der Waals surface area contributed by atoms with Crippen molar-refractivity contribution < 1.29 is 0 Å². The molecule has 0 fully saturated rings. The molecule has 0 heterocycles. The van der Waals surface area contributed by atoms with Crippen LogP contribution in [-0.2, 0) is 0 Å². The lowest BCUT2D eigenvalue weighted by Crippen LogP contribution is -1.93. The Kier molecular flexibility index (Phi) is 7.09. The van der Waals surface area contributed by atoms with E-state index in [9.17, 15) is 0 Å². The second-order valence-corrected chi connectivity index (χ2v) is 3.87. The molecule has 0 radical (unpaired) electrons. The highest BCUT2D eigenvalue weighted by Gasteiger charge is 1.99. The molecular formula is C13H23N. The molecule has 0 saturated heterocycles. The smallest absolute Gasteiger partial charge is 0.0313 e. The van der Waals surface area contributed by atoms with Gasteiger partial charge in [-0.15, -0.1) is 0 Å². The molecule has 0 rings (SSSR count). The van der Waals surface area contributed by atoms with Crippen LogP contribution in [-0.4, -0.2) is 12.8 Å². The zero-order valence-electron chi connectivity index (χ0n) is 10.2. The molecule has 80 valence electrons. The first kappa shape index (κ1) is 13.2. The summed E-state index contributed by atoms with van der Waals surface area (Å²) in [6.07, 6.45) is 8.80. The largest absolute Gasteiger partial charge is 0.293 e. The SMILES string of the molecule is CCC/C(=C\C=C/C(C)=NC)C(C)C. The molecule has 0 aliphatic rings. The Morgan fingerprint density at radius 3 is 2.43 bits per heavy atom. The van der Waals surface area contributed by atoms with Crippen molar-refractivity contribution in [1.82, 2.24) is 0 Å². The van der Waals surface area contributed by atoms with Crippen molar-refractivity contribution in [2.45, 2.75) is 40.5 Å². The highest BCUT2D eigenvalue weighted by Crippen LogP contribution is 2.15. The maximum Gasteiger partial charge on any atom is 0.0313 e. The highest BCUT2D eigenvalue weighted by molar-refractivity contribution is 5.92. The van der Waals surface area contributed by atoms with Gasteiger partial charge in [0.2, 0.25) is 0 Å². The van der Waals surface area contributed by atoms with E-state index in [2.05, 4.69) is 44.0 Å². The molecule has 0 aromatic carbocycles. The van der Waals surface area contributed by atoms with Gasteiger partial charge in [0.15, 0.2) is 0 Å². The molecule has 0 atom stereocenters. The van der Waals surface area contributed by atoms with E-state index in [4.69, 9.17) is 0 Å².